The first-order valence-corrected chi connectivity index (χ1v) is 5.79. The number of aliphatic hydroxyl groups is 1. The molecule has 3 rings (SSSR count). The number of hydrogen-bond donors (Lipinski definition) is 1. The zero-order valence-electron chi connectivity index (χ0n) is 9.61. The van der Waals surface area contributed by atoms with Crippen molar-refractivity contribution < 1.29 is 14.6 Å². The van der Waals surface area contributed by atoms with Gasteiger partial charge in [0.2, 0.25) is 0 Å². The van der Waals surface area contributed by atoms with Crippen LogP contribution >= 0.6 is 0 Å². The molecule has 0 radical (unpaired) electrons. The summed E-state index contributed by atoms with van der Waals surface area (Å²) in [6, 6.07) is 13.7. The Hall–Kier alpha value is -2.13. The summed E-state index contributed by atoms with van der Waals surface area (Å²) >= 11 is 0. The van der Waals surface area contributed by atoms with E-state index in [0.717, 1.165) is 16.3 Å². The molecule has 18 heavy (non-hydrogen) atoms. The lowest BCUT2D eigenvalue weighted by Gasteiger charge is -2.17. The average molecular weight is 240 g/mol. The van der Waals surface area contributed by atoms with Gasteiger partial charge in [0.25, 0.3) is 0 Å². The topological polar surface area (TPSA) is 46.5 Å². The van der Waals surface area contributed by atoms with Gasteiger partial charge in [-0.25, -0.2) is 4.79 Å². The monoisotopic (exact) mass is 240 g/mol. The Labute approximate surface area is 104 Å². The standard InChI is InChI=1S/C15H12O3/c16-14-8-7-13(18-14)15(17)12-6-5-10-3-1-2-4-11(10)9-12/h1-9,13,15,17H/t13-,15-/m1/s1. The highest BCUT2D eigenvalue weighted by Crippen LogP contribution is 2.26. The summed E-state index contributed by atoms with van der Waals surface area (Å²) in [4.78, 5) is 11.0. The Morgan fingerprint density at radius 1 is 1.11 bits per heavy atom. The molecule has 2 aromatic rings. The van der Waals surface area contributed by atoms with E-state index in [9.17, 15) is 9.90 Å². The van der Waals surface area contributed by atoms with Gasteiger partial charge in [-0.05, 0) is 28.5 Å². The lowest BCUT2D eigenvalue weighted by atomic mass is 10.0. The van der Waals surface area contributed by atoms with Gasteiger partial charge in [0, 0.05) is 6.08 Å². The molecule has 3 nitrogen and oxygen atoms in total. The van der Waals surface area contributed by atoms with E-state index in [2.05, 4.69) is 0 Å². The van der Waals surface area contributed by atoms with Gasteiger partial charge >= 0.3 is 5.97 Å². The number of hydrogen-bond acceptors (Lipinski definition) is 3. The minimum absolute atomic E-state index is 0.403. The molecular weight excluding hydrogens is 228 g/mol. The number of carbonyl (C=O) groups excluding carboxylic acids is 1. The molecule has 0 aliphatic carbocycles. The molecule has 0 saturated heterocycles. The molecule has 1 heterocycles. The molecule has 90 valence electrons. The number of cyclic esters (lactones) is 1. The van der Waals surface area contributed by atoms with Crippen molar-refractivity contribution in [1.29, 1.82) is 0 Å². The summed E-state index contributed by atoms with van der Waals surface area (Å²) in [6.07, 6.45) is 1.52. The smallest absolute Gasteiger partial charge is 0.331 e. The van der Waals surface area contributed by atoms with Crippen molar-refractivity contribution in [3.63, 3.8) is 0 Å². The SMILES string of the molecule is O=C1C=C[C@H]([C@H](O)c2ccc3ccccc3c2)O1. The van der Waals surface area contributed by atoms with E-state index in [0.29, 0.717) is 0 Å². The van der Waals surface area contributed by atoms with E-state index >= 15 is 0 Å². The zero-order chi connectivity index (χ0) is 12.5. The molecule has 0 amide bonds. The summed E-state index contributed by atoms with van der Waals surface area (Å²) in [6.45, 7) is 0. The quantitative estimate of drug-likeness (QED) is 0.820. The second kappa shape index (κ2) is 4.27. The molecule has 3 heteroatoms. The van der Waals surface area contributed by atoms with Crippen LogP contribution < -0.4 is 0 Å². The maximum absolute atomic E-state index is 11.0. The number of aliphatic hydroxyl groups excluding tert-OH is 1. The van der Waals surface area contributed by atoms with Crippen LogP contribution in [0.15, 0.2) is 54.6 Å². The molecule has 1 aliphatic heterocycles. The molecule has 0 unspecified atom stereocenters. The number of ether oxygens (including phenoxy) is 1. The van der Waals surface area contributed by atoms with E-state index in [-0.39, 0.29) is 0 Å². The van der Waals surface area contributed by atoms with Crippen LogP contribution in [0.3, 0.4) is 0 Å². The fourth-order valence-electron chi connectivity index (χ4n) is 2.14. The molecule has 0 aromatic heterocycles. The molecule has 1 aliphatic rings. The van der Waals surface area contributed by atoms with Crippen LogP contribution in [-0.4, -0.2) is 17.2 Å². The van der Waals surface area contributed by atoms with Crippen LogP contribution in [0.2, 0.25) is 0 Å². The van der Waals surface area contributed by atoms with Crippen LogP contribution in [0.1, 0.15) is 11.7 Å². The summed E-state index contributed by atoms with van der Waals surface area (Å²) in [5, 5.41) is 12.3. The van der Waals surface area contributed by atoms with Gasteiger partial charge in [-0.3, -0.25) is 0 Å². The molecular formula is C15H12O3. The Kier molecular flexibility index (Phi) is 2.61. The molecule has 0 fully saturated rings. The Balaban J connectivity index is 1.94. The van der Waals surface area contributed by atoms with E-state index < -0.39 is 18.2 Å². The number of fused-ring (bicyclic) bond motifs is 1. The lowest BCUT2D eigenvalue weighted by molar-refractivity contribution is -0.142. The molecule has 2 atom stereocenters. The van der Waals surface area contributed by atoms with E-state index in [1.807, 2.05) is 42.5 Å². The normalized spacial score (nSPS) is 20.1. The maximum atomic E-state index is 11.0. The predicted octanol–water partition coefficient (Wildman–Crippen LogP) is 2.35. The van der Waals surface area contributed by atoms with E-state index in [1.54, 1.807) is 6.08 Å². The van der Waals surface area contributed by atoms with Gasteiger partial charge < -0.3 is 9.84 Å². The minimum Gasteiger partial charge on any atom is -0.452 e. The highest BCUT2D eigenvalue weighted by atomic mass is 16.6. The van der Waals surface area contributed by atoms with Crippen molar-refractivity contribution in [2.24, 2.45) is 0 Å². The van der Waals surface area contributed by atoms with Gasteiger partial charge in [0.15, 0.2) is 6.10 Å². The Morgan fingerprint density at radius 3 is 2.61 bits per heavy atom. The summed E-state index contributed by atoms with van der Waals surface area (Å²) in [7, 11) is 0. The largest absolute Gasteiger partial charge is 0.452 e. The fraction of sp³-hybridized carbons (Fsp3) is 0.133. The van der Waals surface area contributed by atoms with Crippen molar-refractivity contribution in [1.82, 2.24) is 0 Å². The second-order valence-electron chi connectivity index (χ2n) is 4.31. The van der Waals surface area contributed by atoms with Gasteiger partial charge in [-0.2, -0.15) is 0 Å². The molecule has 0 bridgehead atoms. The summed E-state index contributed by atoms with van der Waals surface area (Å²) in [5.41, 5.74) is 0.748. The van der Waals surface area contributed by atoms with Crippen LogP contribution in [-0.2, 0) is 9.53 Å². The van der Waals surface area contributed by atoms with Crippen LogP contribution in [0, 0.1) is 0 Å². The highest BCUT2D eigenvalue weighted by Gasteiger charge is 2.26. The fourth-order valence-corrected chi connectivity index (χ4v) is 2.14. The Bertz CT molecular complexity index is 630. The third-order valence-electron chi connectivity index (χ3n) is 3.10. The van der Waals surface area contributed by atoms with E-state index in [1.165, 1.54) is 6.08 Å². The molecule has 0 spiro atoms. The molecule has 2 aromatic carbocycles. The van der Waals surface area contributed by atoms with Gasteiger partial charge in [0.05, 0.1) is 0 Å². The first-order chi connectivity index (χ1) is 8.74. The van der Waals surface area contributed by atoms with Crippen molar-refractivity contribution in [2.75, 3.05) is 0 Å². The van der Waals surface area contributed by atoms with Gasteiger partial charge in [-0.1, -0.05) is 36.4 Å². The predicted molar refractivity (Wildman–Crippen MR) is 67.9 cm³/mol. The average Bonchev–Trinajstić information content (AvgIpc) is 2.84. The summed E-state index contributed by atoms with van der Waals surface area (Å²) in [5.74, 6) is -0.403. The second-order valence-corrected chi connectivity index (χ2v) is 4.31. The number of esters is 1. The first kappa shape index (κ1) is 11.0. The van der Waals surface area contributed by atoms with E-state index in [4.69, 9.17) is 4.74 Å². The Morgan fingerprint density at radius 2 is 1.89 bits per heavy atom. The van der Waals surface area contributed by atoms with Gasteiger partial charge in [0.1, 0.15) is 6.10 Å². The lowest BCUT2D eigenvalue weighted by Crippen LogP contribution is -2.18. The zero-order valence-corrected chi connectivity index (χ0v) is 9.61. The maximum Gasteiger partial charge on any atom is 0.331 e. The number of benzene rings is 2. The van der Waals surface area contributed by atoms with Gasteiger partial charge in [-0.15, -0.1) is 0 Å². The van der Waals surface area contributed by atoms with Crippen molar-refractivity contribution in [3.05, 3.63) is 60.2 Å². The first-order valence-electron chi connectivity index (χ1n) is 5.79. The molecule has 1 N–H and O–H groups in total. The number of carbonyl (C=O) groups is 1. The van der Waals surface area contributed by atoms with Crippen LogP contribution in [0.4, 0.5) is 0 Å². The highest BCUT2D eigenvalue weighted by molar-refractivity contribution is 5.85. The van der Waals surface area contributed by atoms with Crippen molar-refractivity contribution in [3.8, 4) is 0 Å². The van der Waals surface area contributed by atoms with Crippen LogP contribution in [0.5, 0.6) is 0 Å². The van der Waals surface area contributed by atoms with Crippen molar-refractivity contribution in [2.45, 2.75) is 12.2 Å². The minimum atomic E-state index is -0.822. The number of rotatable bonds is 2. The third kappa shape index (κ3) is 1.89. The molecule has 0 saturated carbocycles. The summed E-state index contributed by atoms with van der Waals surface area (Å²) < 4.78 is 4.99. The van der Waals surface area contributed by atoms with Crippen molar-refractivity contribution >= 4 is 16.7 Å². The third-order valence-corrected chi connectivity index (χ3v) is 3.10. The van der Waals surface area contributed by atoms with Crippen LogP contribution in [0.25, 0.3) is 10.8 Å².